The van der Waals surface area contributed by atoms with Crippen molar-refractivity contribution in [2.75, 3.05) is 142 Å². The predicted octanol–water partition coefficient (Wildman–Crippen LogP) is 22.7. The number of rotatable bonds is 8. The topological polar surface area (TPSA) is 184 Å². The Morgan fingerprint density at radius 1 is 0.183 bits per heavy atom. The van der Waals surface area contributed by atoms with Gasteiger partial charge in [0.1, 0.15) is 29.6 Å². The van der Waals surface area contributed by atoms with Crippen molar-refractivity contribution in [3.05, 3.63) is 0 Å². The molecule has 0 saturated heterocycles. The zero-order valence-electron chi connectivity index (χ0n) is 54.7. The van der Waals surface area contributed by atoms with Gasteiger partial charge in [-0.2, -0.15) is 0 Å². The van der Waals surface area contributed by atoms with Crippen molar-refractivity contribution < 1.29 is 57.5 Å². The molecular formula is C48H56B4F4O8S40. The summed E-state index contributed by atoms with van der Waals surface area (Å²) in [6.07, 6.45) is 17.2. The van der Waals surface area contributed by atoms with Crippen LogP contribution in [0.25, 0.3) is 0 Å². The van der Waals surface area contributed by atoms with Gasteiger partial charge in [0.15, 0.2) is 0 Å². The van der Waals surface area contributed by atoms with Crippen LogP contribution in [0.3, 0.4) is 0 Å². The summed E-state index contributed by atoms with van der Waals surface area (Å²) in [7, 11) is -12.7. The van der Waals surface area contributed by atoms with Gasteiger partial charge in [0.25, 0.3) is 0 Å². The molecular weight excluding hydrogens is 2110 g/mol. The van der Waals surface area contributed by atoms with Crippen molar-refractivity contribution in [3.8, 4) is 0 Å². The minimum Gasteiger partial charge on any atom is -0.867 e. The van der Waals surface area contributed by atoms with Gasteiger partial charge in [0, 0.05) is 323 Å². The first-order valence-electron chi connectivity index (χ1n) is 28.1. The van der Waals surface area contributed by atoms with Gasteiger partial charge in [-0.25, -0.2) is 0 Å². The lowest BCUT2D eigenvalue weighted by molar-refractivity contribution is -0.368. The Kier molecular flexibility index (Phi) is 61.1. The highest BCUT2D eigenvalue weighted by Gasteiger charge is 2.32. The zero-order valence-corrected chi connectivity index (χ0v) is 87.4. The molecule has 0 saturated carbocycles. The zero-order chi connectivity index (χ0) is 75.8. The van der Waals surface area contributed by atoms with Crippen molar-refractivity contribution in [3.63, 3.8) is 0 Å². The first kappa shape index (κ1) is 103. The van der Waals surface area contributed by atoms with Crippen molar-refractivity contribution in [2.24, 2.45) is 0 Å². The third-order valence-corrected chi connectivity index (χ3v) is 67.3. The smallest absolute Gasteiger partial charge is 0.233 e. The van der Waals surface area contributed by atoms with E-state index in [0.29, 0.717) is 0 Å². The minimum atomic E-state index is -3.17. The molecule has 8 aromatic rings. The first-order chi connectivity index (χ1) is 50.1. The average Bonchev–Trinajstić information content (AvgIpc) is 1.78. The van der Waals surface area contributed by atoms with E-state index < -0.39 is 29.6 Å². The molecule has 0 aliphatic carbocycles. The number of thioether (sulfide) groups is 24. The average molecular weight is 2160 g/mol. The van der Waals surface area contributed by atoms with Crippen LogP contribution in [0.4, 0.5) is 17.3 Å². The van der Waals surface area contributed by atoms with Gasteiger partial charge in [-0.05, 0) is 282 Å². The van der Waals surface area contributed by atoms with Crippen LogP contribution in [0.15, 0.2) is 95.5 Å². The molecule has 0 spiro atoms. The second-order valence-electron chi connectivity index (χ2n) is 16.5. The van der Waals surface area contributed by atoms with E-state index in [1.54, 1.807) is 67.3 Å². The Morgan fingerprint density at radius 2 is 0.240 bits per heavy atom. The van der Waals surface area contributed by atoms with Gasteiger partial charge in [0.05, 0.1) is 0 Å². The molecule has 16 rings (SSSR count). The summed E-state index contributed by atoms with van der Waals surface area (Å²) in [4.78, 5) is 0. The molecule has 0 N–H and O–H groups in total. The lowest BCUT2D eigenvalue weighted by atomic mass is 10.3. The molecule has 0 bridgehead atoms. The molecule has 8 nitrogen and oxygen atoms in total. The Balaban J connectivity index is 0.000000207. The highest BCUT2D eigenvalue weighted by Crippen LogP contribution is 2.55. The van der Waals surface area contributed by atoms with Gasteiger partial charge < -0.3 is 57.5 Å². The largest absolute Gasteiger partial charge is 0.867 e. The quantitative estimate of drug-likeness (QED) is 0.0605. The van der Waals surface area contributed by atoms with Crippen LogP contribution in [0.5, 0.6) is 0 Å². The minimum absolute atomic E-state index is 1.29. The molecule has 576 valence electrons. The van der Waals surface area contributed by atoms with E-state index in [1.807, 2.05) is 464 Å². The van der Waals surface area contributed by atoms with Crippen LogP contribution in [-0.4, -0.2) is 172 Å². The summed E-state index contributed by atoms with van der Waals surface area (Å²) >= 11 is 78.6. The standard InChI is InChI=1S/8C6H7S5.4BFO2/c8*1-7-6-10-4-5(11-6)9-3-2-8-4;4*2-1(3)4/h8*2-3H2,1H3;;;;/q8*+1;4*-2. The summed E-state index contributed by atoms with van der Waals surface area (Å²) in [6, 6.07) is 0. The fourth-order valence-corrected chi connectivity index (χ4v) is 61.4. The molecule has 56 heteroatoms. The highest BCUT2D eigenvalue weighted by molar-refractivity contribution is 8.14. The molecule has 16 heterocycles. The lowest BCUT2D eigenvalue weighted by Crippen LogP contribution is -2.39. The molecule has 0 atom stereocenters. The maximum Gasteiger partial charge on any atom is 0.233 e. The van der Waals surface area contributed by atoms with E-state index in [4.69, 9.17) is 40.2 Å². The van der Waals surface area contributed by atoms with Crippen LogP contribution in [-0.2, 0) is 0 Å². The molecule has 104 heavy (non-hydrogen) atoms. The molecule has 0 radical (unpaired) electrons. The van der Waals surface area contributed by atoms with Crippen molar-refractivity contribution in [1.82, 2.24) is 0 Å². The Labute approximate surface area is 775 Å². The number of halogens is 4. The SMILES string of the molecule is CS[c+]1sc2c(s1)SCCS2.CS[c+]1sc2c(s1)SCCS2.CS[c+]1sc2c(s1)SCCS2.CS[c+]1sc2c(s1)SCCS2.CS[c+]1sc2c(s1)SCCS2.CS[c+]1sc2c(s1)SCCS2.CS[c+]1sc2c(s1)SCCS2.CS[c+]1sc2c(s1)SCCS2.[O-]B([O-])F.[O-]B([O-])F.[O-]B([O-])F.[O-]B([O-])F. The number of hydrogen-bond donors (Lipinski definition) is 0. The van der Waals surface area contributed by atoms with E-state index in [0.717, 1.165) is 0 Å². The lowest BCUT2D eigenvalue weighted by Gasteiger charge is -2.09. The monoisotopic (exact) mass is 2160 g/mol. The van der Waals surface area contributed by atoms with Crippen LogP contribution in [0.1, 0.15) is 0 Å². The van der Waals surface area contributed by atoms with Gasteiger partial charge >= 0.3 is 0 Å². The Morgan fingerprint density at radius 3 is 0.288 bits per heavy atom. The first-order valence-corrected chi connectivity index (χ1v) is 66.7. The summed E-state index contributed by atoms with van der Waals surface area (Å²) in [5, 5.41) is 66.4. The molecule has 0 fully saturated rings. The van der Waals surface area contributed by atoms with Crippen LogP contribution in [0.2, 0.25) is 0 Å². The fourth-order valence-electron chi connectivity index (χ4n) is 6.28. The number of hydrogen-bond acceptors (Lipinski definition) is 48. The molecule has 0 unspecified atom stereocenters. The van der Waals surface area contributed by atoms with Crippen LogP contribution in [0, 0.1) is 0 Å². The Hall–Kier alpha value is 8.46. The van der Waals surface area contributed by atoms with Gasteiger partial charge in [-0.15, -0.1) is 0 Å². The predicted molar refractivity (Wildman–Crippen MR) is 506 cm³/mol. The highest BCUT2D eigenvalue weighted by atomic mass is 32.3. The molecule has 8 aliphatic heterocycles. The maximum atomic E-state index is 9.89. The molecule has 8 aromatic heterocycles. The summed E-state index contributed by atoms with van der Waals surface area (Å²) in [5.74, 6) is 20.6. The van der Waals surface area contributed by atoms with Crippen LogP contribution >= 0.6 is 464 Å². The number of fused-ring (bicyclic) bond motifs is 8. The van der Waals surface area contributed by atoms with Gasteiger partial charge in [-0.1, -0.05) is 0 Å². The van der Waals surface area contributed by atoms with Crippen LogP contribution < -0.4 is 40.2 Å². The second kappa shape index (κ2) is 61.7. The van der Waals surface area contributed by atoms with E-state index in [9.17, 15) is 17.3 Å². The fraction of sp³-hybridized carbons (Fsp3) is 0.500. The summed E-state index contributed by atoms with van der Waals surface area (Å²) in [5.41, 5.74) is 0. The maximum absolute atomic E-state index is 9.89. The summed E-state index contributed by atoms with van der Waals surface area (Å²) in [6.45, 7) is 0. The molecule has 0 aromatic carbocycles. The third kappa shape index (κ3) is 42.5. The van der Waals surface area contributed by atoms with E-state index >= 15 is 0 Å². The second-order valence-corrected chi connectivity index (χ2v) is 67.4. The molecule has 0 amide bonds. The Bertz CT molecular complexity index is 2760. The third-order valence-electron chi connectivity index (χ3n) is 9.88. The molecule has 8 aliphatic rings. The normalized spacial score (nSPS) is 15.0. The van der Waals surface area contributed by atoms with Crippen molar-refractivity contribution in [1.29, 1.82) is 0 Å². The summed E-state index contributed by atoms with van der Waals surface area (Å²) < 4.78 is 76.4. The van der Waals surface area contributed by atoms with E-state index in [-0.39, 0.29) is 0 Å². The van der Waals surface area contributed by atoms with Crippen molar-refractivity contribution in [2.45, 2.75) is 95.5 Å². The van der Waals surface area contributed by atoms with Gasteiger partial charge in [-0.3, -0.25) is 0 Å². The van der Waals surface area contributed by atoms with Crippen molar-refractivity contribution >= 4 is 493 Å². The van der Waals surface area contributed by atoms with E-state index in [1.165, 1.54) is 120 Å². The van der Waals surface area contributed by atoms with E-state index in [2.05, 4.69) is 50.0 Å². The van der Waals surface area contributed by atoms with Gasteiger partial charge in [0.2, 0.25) is 95.5 Å².